The lowest BCUT2D eigenvalue weighted by Gasteiger charge is -2.32. The van der Waals surface area contributed by atoms with Crippen LogP contribution in [0.2, 0.25) is 0 Å². The molecule has 1 saturated heterocycles. The number of piperidine rings is 1. The van der Waals surface area contributed by atoms with Crippen molar-refractivity contribution in [3.8, 4) is 0 Å². The maximum atomic E-state index is 12.5. The fourth-order valence-electron chi connectivity index (χ4n) is 3.41. The predicted molar refractivity (Wildman–Crippen MR) is 115 cm³/mol. The van der Waals surface area contributed by atoms with Crippen molar-refractivity contribution in [3.63, 3.8) is 0 Å². The number of rotatable bonds is 6. The van der Waals surface area contributed by atoms with Crippen molar-refractivity contribution in [1.29, 1.82) is 0 Å². The molecule has 0 spiro atoms. The molecule has 4 heteroatoms. The molecule has 1 aliphatic heterocycles. The van der Waals surface area contributed by atoms with Gasteiger partial charge in [-0.2, -0.15) is 0 Å². The Bertz CT molecular complexity index is 724. The number of hydrogen-bond acceptors (Lipinski definition) is 3. The van der Waals surface area contributed by atoms with Crippen LogP contribution in [0.25, 0.3) is 0 Å². The summed E-state index contributed by atoms with van der Waals surface area (Å²) < 4.78 is 0. The van der Waals surface area contributed by atoms with Crippen LogP contribution in [0.1, 0.15) is 45.2 Å². The van der Waals surface area contributed by atoms with Crippen LogP contribution in [0.15, 0.2) is 59.5 Å². The van der Waals surface area contributed by atoms with Gasteiger partial charge in [0.1, 0.15) is 0 Å². The Labute approximate surface area is 167 Å². The van der Waals surface area contributed by atoms with E-state index in [1.165, 1.54) is 18.5 Å². The largest absolute Gasteiger partial charge is 0.372 e. The van der Waals surface area contributed by atoms with Gasteiger partial charge in [0.05, 0.1) is 11.3 Å². The van der Waals surface area contributed by atoms with Crippen molar-refractivity contribution >= 4 is 23.4 Å². The summed E-state index contributed by atoms with van der Waals surface area (Å²) in [7, 11) is 0. The maximum Gasteiger partial charge on any atom is 0.233 e. The molecular weight excluding hydrogens is 352 g/mol. The topological polar surface area (TPSA) is 32.3 Å². The third kappa shape index (κ3) is 5.52. The van der Waals surface area contributed by atoms with E-state index in [9.17, 15) is 4.79 Å². The zero-order valence-corrected chi connectivity index (χ0v) is 17.3. The molecule has 2 aromatic carbocycles. The van der Waals surface area contributed by atoms with Gasteiger partial charge in [-0.25, -0.2) is 0 Å². The molecule has 1 amide bonds. The van der Waals surface area contributed by atoms with Crippen molar-refractivity contribution in [2.24, 2.45) is 5.92 Å². The Kier molecular flexibility index (Phi) is 6.84. The molecule has 0 aromatic heterocycles. The second-order valence-electron chi connectivity index (χ2n) is 7.56. The molecule has 1 heterocycles. The van der Waals surface area contributed by atoms with Gasteiger partial charge in [0, 0.05) is 23.7 Å². The Balaban J connectivity index is 1.54. The molecule has 3 nitrogen and oxygen atoms in total. The van der Waals surface area contributed by atoms with Crippen LogP contribution < -0.4 is 10.2 Å². The summed E-state index contributed by atoms with van der Waals surface area (Å²) in [6.07, 6.45) is 2.54. The lowest BCUT2D eigenvalue weighted by atomic mass is 9.98. The summed E-state index contributed by atoms with van der Waals surface area (Å²) in [5.74, 6) is 0.914. The zero-order chi connectivity index (χ0) is 19.2. The van der Waals surface area contributed by atoms with E-state index in [0.717, 1.165) is 29.5 Å². The molecule has 0 bridgehead atoms. The van der Waals surface area contributed by atoms with Crippen LogP contribution >= 0.6 is 11.8 Å². The van der Waals surface area contributed by atoms with Gasteiger partial charge in [-0.15, -0.1) is 11.8 Å². The lowest BCUT2D eigenvalue weighted by molar-refractivity contribution is -0.120. The van der Waals surface area contributed by atoms with Crippen LogP contribution in [0, 0.1) is 5.92 Å². The highest BCUT2D eigenvalue weighted by molar-refractivity contribution is 8.00. The van der Waals surface area contributed by atoms with Crippen molar-refractivity contribution in [1.82, 2.24) is 5.32 Å². The van der Waals surface area contributed by atoms with Crippen LogP contribution in [0.5, 0.6) is 0 Å². The number of anilines is 1. The van der Waals surface area contributed by atoms with Gasteiger partial charge in [-0.1, -0.05) is 37.3 Å². The number of nitrogens with zero attached hydrogens (tertiary/aromatic N) is 1. The van der Waals surface area contributed by atoms with Gasteiger partial charge in [0.15, 0.2) is 0 Å². The Morgan fingerprint density at radius 2 is 1.67 bits per heavy atom. The molecule has 3 rings (SSSR count). The van der Waals surface area contributed by atoms with E-state index in [2.05, 4.69) is 48.3 Å². The highest BCUT2D eigenvalue weighted by Gasteiger charge is 2.19. The van der Waals surface area contributed by atoms with Crippen molar-refractivity contribution < 1.29 is 4.79 Å². The quantitative estimate of drug-likeness (QED) is 0.690. The molecule has 27 heavy (non-hydrogen) atoms. The highest BCUT2D eigenvalue weighted by atomic mass is 32.2. The van der Waals surface area contributed by atoms with Crippen molar-refractivity contribution in [2.45, 2.75) is 49.8 Å². The number of nitrogens with one attached hydrogen (secondary N) is 1. The fraction of sp³-hybridized carbons (Fsp3) is 0.435. The second-order valence-corrected chi connectivity index (χ2v) is 8.98. The SMILES string of the molecule is CC1CCN(c2ccc([C@H](C)NC(=O)[C@H](C)Sc3ccccc3)cc2)CC1. The summed E-state index contributed by atoms with van der Waals surface area (Å²) in [4.78, 5) is 16.1. The molecule has 2 aromatic rings. The lowest BCUT2D eigenvalue weighted by Crippen LogP contribution is -2.33. The van der Waals surface area contributed by atoms with Gasteiger partial charge < -0.3 is 10.2 Å². The summed E-state index contributed by atoms with van der Waals surface area (Å²) in [5.41, 5.74) is 2.44. The average Bonchev–Trinajstić information content (AvgIpc) is 2.69. The first-order chi connectivity index (χ1) is 13.0. The minimum atomic E-state index is -0.121. The minimum absolute atomic E-state index is 0.00625. The van der Waals surface area contributed by atoms with Gasteiger partial charge in [-0.3, -0.25) is 4.79 Å². The van der Waals surface area contributed by atoms with Crippen molar-refractivity contribution in [3.05, 3.63) is 60.2 Å². The number of thioether (sulfide) groups is 1. The highest BCUT2D eigenvalue weighted by Crippen LogP contribution is 2.26. The number of carbonyl (C=O) groups is 1. The molecule has 1 N–H and O–H groups in total. The smallest absolute Gasteiger partial charge is 0.233 e. The Morgan fingerprint density at radius 1 is 1.04 bits per heavy atom. The molecular formula is C23H30N2OS. The second kappa shape index (κ2) is 9.32. The molecule has 0 radical (unpaired) electrons. The summed E-state index contributed by atoms with van der Waals surface area (Å²) in [6, 6.07) is 18.8. The maximum absolute atomic E-state index is 12.5. The third-order valence-electron chi connectivity index (χ3n) is 5.33. The summed E-state index contributed by atoms with van der Waals surface area (Å²) in [6.45, 7) is 8.62. The van der Waals surface area contributed by atoms with Crippen molar-refractivity contribution in [2.75, 3.05) is 18.0 Å². The standard InChI is InChI=1S/C23H30N2OS/c1-17-13-15-25(16-14-17)21-11-9-20(10-12-21)18(2)24-23(26)19(3)27-22-7-5-4-6-8-22/h4-12,17-19H,13-16H2,1-3H3,(H,24,26)/t18-,19-/m0/s1. The Hall–Kier alpha value is -1.94. The van der Waals surface area contributed by atoms with Gasteiger partial charge in [0.2, 0.25) is 5.91 Å². The molecule has 0 unspecified atom stereocenters. The first-order valence-electron chi connectivity index (χ1n) is 9.90. The molecule has 1 fully saturated rings. The van der Waals surface area contributed by atoms with Crippen LogP contribution in [0.4, 0.5) is 5.69 Å². The van der Waals surface area contributed by atoms with Gasteiger partial charge >= 0.3 is 0 Å². The van der Waals surface area contributed by atoms with E-state index < -0.39 is 0 Å². The molecule has 144 valence electrons. The predicted octanol–water partition coefficient (Wildman–Crippen LogP) is 5.28. The molecule has 2 atom stereocenters. The number of hydrogen-bond donors (Lipinski definition) is 1. The molecule has 1 aliphatic rings. The summed E-state index contributed by atoms with van der Waals surface area (Å²) >= 11 is 1.59. The van der Waals surface area contributed by atoms with E-state index in [-0.39, 0.29) is 17.2 Å². The first kappa shape index (κ1) is 19.8. The zero-order valence-electron chi connectivity index (χ0n) is 16.5. The van der Waals surface area contributed by atoms with E-state index in [1.807, 2.05) is 37.3 Å². The number of carbonyl (C=O) groups excluding carboxylic acids is 1. The van der Waals surface area contributed by atoms with Crippen LogP contribution in [-0.4, -0.2) is 24.2 Å². The number of benzene rings is 2. The van der Waals surface area contributed by atoms with Gasteiger partial charge in [0.25, 0.3) is 0 Å². The monoisotopic (exact) mass is 382 g/mol. The fourth-order valence-corrected chi connectivity index (χ4v) is 4.31. The third-order valence-corrected chi connectivity index (χ3v) is 6.44. The Morgan fingerprint density at radius 3 is 2.30 bits per heavy atom. The van der Waals surface area contributed by atoms with E-state index in [0.29, 0.717) is 0 Å². The van der Waals surface area contributed by atoms with Crippen LogP contribution in [0.3, 0.4) is 0 Å². The van der Waals surface area contributed by atoms with Crippen LogP contribution in [-0.2, 0) is 4.79 Å². The molecule has 0 saturated carbocycles. The van der Waals surface area contributed by atoms with E-state index in [1.54, 1.807) is 11.8 Å². The van der Waals surface area contributed by atoms with Gasteiger partial charge in [-0.05, 0) is 62.4 Å². The first-order valence-corrected chi connectivity index (χ1v) is 10.8. The molecule has 0 aliphatic carbocycles. The minimum Gasteiger partial charge on any atom is -0.372 e. The van der Waals surface area contributed by atoms with E-state index >= 15 is 0 Å². The normalized spacial score (nSPS) is 17.4. The van der Waals surface area contributed by atoms with E-state index in [4.69, 9.17) is 0 Å². The number of amides is 1. The summed E-state index contributed by atoms with van der Waals surface area (Å²) in [5, 5.41) is 3.03. The average molecular weight is 383 g/mol.